The molecule has 164 valence electrons. The number of hydrogen-bond acceptors (Lipinski definition) is 6. The summed E-state index contributed by atoms with van der Waals surface area (Å²) >= 11 is 0. The molecular weight excluding hydrogens is 398 g/mol. The smallest absolute Gasteiger partial charge is 0.307 e. The molecule has 0 fully saturated rings. The summed E-state index contributed by atoms with van der Waals surface area (Å²) in [6.07, 6.45) is 0.0662. The van der Waals surface area contributed by atoms with Crippen molar-refractivity contribution in [2.24, 2.45) is 5.92 Å². The van der Waals surface area contributed by atoms with Crippen LogP contribution in [0.3, 0.4) is 0 Å². The number of amides is 1. The van der Waals surface area contributed by atoms with Gasteiger partial charge >= 0.3 is 5.97 Å². The number of carboxylic acid groups (broad SMARTS) is 1. The number of ether oxygens (including phenoxy) is 2. The van der Waals surface area contributed by atoms with Crippen LogP contribution in [0.5, 0.6) is 0 Å². The van der Waals surface area contributed by atoms with Crippen LogP contribution in [0.4, 0.5) is 0 Å². The van der Waals surface area contributed by atoms with Gasteiger partial charge in [-0.2, -0.15) is 0 Å². The van der Waals surface area contributed by atoms with Gasteiger partial charge in [-0.1, -0.05) is 30.3 Å². The Balaban J connectivity index is 3.04. The van der Waals surface area contributed by atoms with Gasteiger partial charge in [0.2, 0.25) is 5.91 Å². The fourth-order valence-corrected chi connectivity index (χ4v) is 4.42. The number of rotatable bonds is 13. The first-order valence-corrected chi connectivity index (χ1v) is 11.0. The molecule has 0 aromatic heterocycles. The summed E-state index contributed by atoms with van der Waals surface area (Å²) in [6.45, 7) is 3.56. The lowest BCUT2D eigenvalue weighted by Gasteiger charge is -2.32. The summed E-state index contributed by atoms with van der Waals surface area (Å²) < 4.78 is 34.4. The van der Waals surface area contributed by atoms with Crippen LogP contribution < -0.4 is 0 Å². The first-order chi connectivity index (χ1) is 13.6. The number of sulfone groups is 1. The van der Waals surface area contributed by atoms with Crippen molar-refractivity contribution in [1.82, 2.24) is 4.90 Å². The molecule has 0 saturated heterocycles. The van der Waals surface area contributed by atoms with E-state index in [4.69, 9.17) is 9.47 Å². The number of aliphatic carboxylic acids is 1. The second-order valence-electron chi connectivity index (χ2n) is 7.29. The molecule has 0 radical (unpaired) electrons. The maximum Gasteiger partial charge on any atom is 0.307 e. The molecule has 0 bridgehead atoms. The van der Waals surface area contributed by atoms with Crippen LogP contribution in [0.25, 0.3) is 0 Å². The fraction of sp³-hybridized carbons (Fsp3) is 0.600. The number of methoxy groups -OCH3 is 2. The third kappa shape index (κ3) is 7.09. The van der Waals surface area contributed by atoms with Crippen molar-refractivity contribution in [3.63, 3.8) is 0 Å². The van der Waals surface area contributed by atoms with Crippen molar-refractivity contribution in [3.05, 3.63) is 35.9 Å². The third-order valence-electron chi connectivity index (χ3n) is 4.81. The quantitative estimate of drug-likeness (QED) is 0.502. The third-order valence-corrected chi connectivity index (χ3v) is 7.38. The fourth-order valence-electron chi connectivity index (χ4n) is 2.82. The lowest BCUT2D eigenvalue weighted by Crippen LogP contribution is -2.53. The summed E-state index contributed by atoms with van der Waals surface area (Å²) in [7, 11) is -1.10. The second kappa shape index (κ2) is 11.3. The van der Waals surface area contributed by atoms with Gasteiger partial charge in [-0.05, 0) is 25.8 Å². The molecule has 0 heterocycles. The highest BCUT2D eigenvalue weighted by atomic mass is 32.2. The Morgan fingerprint density at radius 2 is 1.59 bits per heavy atom. The van der Waals surface area contributed by atoms with Gasteiger partial charge in [-0.25, -0.2) is 8.42 Å². The average molecular weight is 430 g/mol. The normalized spacial score (nSPS) is 13.1. The Bertz CT molecular complexity index is 754. The zero-order valence-corrected chi connectivity index (χ0v) is 18.3. The molecule has 1 rings (SSSR count). The van der Waals surface area contributed by atoms with E-state index in [1.54, 1.807) is 30.3 Å². The highest BCUT2D eigenvalue weighted by Crippen LogP contribution is 2.24. The minimum Gasteiger partial charge on any atom is -0.481 e. The number of carbonyl (C=O) groups excluding carboxylic acids is 1. The Kier molecular flexibility index (Phi) is 9.75. The van der Waals surface area contributed by atoms with Crippen molar-refractivity contribution in [2.75, 3.05) is 46.3 Å². The summed E-state index contributed by atoms with van der Waals surface area (Å²) in [5.74, 6) is -3.59. The monoisotopic (exact) mass is 429 g/mol. The van der Waals surface area contributed by atoms with Gasteiger partial charge in [0.05, 0.1) is 24.9 Å². The molecule has 1 amide bonds. The number of nitrogens with zero attached hydrogens (tertiary/aromatic N) is 1. The Morgan fingerprint density at radius 3 is 2.03 bits per heavy atom. The van der Waals surface area contributed by atoms with Crippen LogP contribution in [0, 0.1) is 5.92 Å². The standard InChI is InChI=1S/C20H31NO7S/c1-20(2,19(24)21(10-12-27-3)11-13-28-4)29(25,26)15-17(18(22)23)14-16-8-6-5-7-9-16/h5-9,17H,10-15H2,1-4H3,(H,22,23). The molecule has 0 spiro atoms. The van der Waals surface area contributed by atoms with Gasteiger partial charge in [-0.3, -0.25) is 9.59 Å². The highest BCUT2D eigenvalue weighted by Gasteiger charge is 2.45. The lowest BCUT2D eigenvalue weighted by molar-refractivity contribution is -0.141. The lowest BCUT2D eigenvalue weighted by atomic mass is 10.0. The summed E-state index contributed by atoms with van der Waals surface area (Å²) in [6, 6.07) is 8.82. The maximum absolute atomic E-state index is 13.1. The van der Waals surface area contributed by atoms with E-state index in [1.165, 1.54) is 33.0 Å². The molecule has 29 heavy (non-hydrogen) atoms. The SMILES string of the molecule is COCCN(CCOC)C(=O)C(C)(C)S(=O)(=O)CC(Cc1ccccc1)C(=O)O. The van der Waals surface area contributed by atoms with Crippen LogP contribution in [0.2, 0.25) is 0 Å². The molecule has 0 aliphatic heterocycles. The molecule has 1 N–H and O–H groups in total. The summed E-state index contributed by atoms with van der Waals surface area (Å²) in [4.78, 5) is 26.1. The zero-order chi connectivity index (χ0) is 22.1. The Hall–Kier alpha value is -1.97. The topological polar surface area (TPSA) is 110 Å². The molecule has 8 nitrogen and oxygen atoms in total. The van der Waals surface area contributed by atoms with E-state index in [1.807, 2.05) is 0 Å². The number of hydrogen-bond donors (Lipinski definition) is 1. The maximum atomic E-state index is 13.1. The minimum atomic E-state index is -4.07. The Morgan fingerprint density at radius 1 is 1.07 bits per heavy atom. The van der Waals surface area contributed by atoms with Gasteiger partial charge in [0.25, 0.3) is 0 Å². The molecule has 1 unspecified atom stereocenters. The van der Waals surface area contributed by atoms with Crippen LogP contribution >= 0.6 is 0 Å². The van der Waals surface area contributed by atoms with E-state index >= 15 is 0 Å². The zero-order valence-electron chi connectivity index (χ0n) is 17.5. The van der Waals surface area contributed by atoms with Crippen LogP contribution in [0.1, 0.15) is 19.4 Å². The van der Waals surface area contributed by atoms with Crippen molar-refractivity contribution < 1.29 is 32.6 Å². The number of carboxylic acids is 1. The molecular formula is C20H31NO7S. The highest BCUT2D eigenvalue weighted by molar-refractivity contribution is 7.93. The molecule has 9 heteroatoms. The van der Waals surface area contributed by atoms with Gasteiger partial charge in [0.15, 0.2) is 9.84 Å². The predicted octanol–water partition coefficient (Wildman–Crippen LogP) is 1.24. The molecule has 1 aromatic carbocycles. The van der Waals surface area contributed by atoms with Crippen molar-refractivity contribution in [3.8, 4) is 0 Å². The van der Waals surface area contributed by atoms with Crippen LogP contribution in [0.15, 0.2) is 30.3 Å². The van der Waals surface area contributed by atoms with Gasteiger partial charge in [0, 0.05) is 27.3 Å². The molecule has 0 aliphatic carbocycles. The van der Waals surface area contributed by atoms with Crippen molar-refractivity contribution in [2.45, 2.75) is 25.0 Å². The summed E-state index contributed by atoms with van der Waals surface area (Å²) in [5.41, 5.74) is 0.723. The molecule has 0 saturated carbocycles. The van der Waals surface area contributed by atoms with E-state index in [2.05, 4.69) is 0 Å². The largest absolute Gasteiger partial charge is 0.481 e. The van der Waals surface area contributed by atoms with Gasteiger partial charge < -0.3 is 19.5 Å². The van der Waals surface area contributed by atoms with E-state index in [0.717, 1.165) is 5.56 Å². The Labute approximate surface area is 172 Å². The van der Waals surface area contributed by atoms with E-state index in [0.29, 0.717) is 0 Å². The second-order valence-corrected chi connectivity index (χ2v) is 9.88. The predicted molar refractivity (Wildman–Crippen MR) is 109 cm³/mol. The van der Waals surface area contributed by atoms with Crippen LogP contribution in [-0.4, -0.2) is 81.3 Å². The van der Waals surface area contributed by atoms with E-state index in [-0.39, 0.29) is 32.7 Å². The average Bonchev–Trinajstić information content (AvgIpc) is 2.67. The minimum absolute atomic E-state index is 0.0662. The molecule has 1 atom stereocenters. The summed E-state index contributed by atoms with van der Waals surface area (Å²) in [5, 5.41) is 9.55. The first-order valence-electron chi connectivity index (χ1n) is 9.33. The van der Waals surface area contributed by atoms with Crippen molar-refractivity contribution in [1.29, 1.82) is 0 Å². The van der Waals surface area contributed by atoms with E-state index in [9.17, 15) is 23.1 Å². The molecule has 1 aromatic rings. The van der Waals surface area contributed by atoms with Crippen LogP contribution in [-0.2, 0) is 35.3 Å². The van der Waals surface area contributed by atoms with Crippen molar-refractivity contribution >= 4 is 21.7 Å². The van der Waals surface area contributed by atoms with Gasteiger partial charge in [-0.15, -0.1) is 0 Å². The molecule has 0 aliphatic rings. The number of benzene rings is 1. The first kappa shape index (κ1) is 25.1. The number of carbonyl (C=O) groups is 2. The van der Waals surface area contributed by atoms with Gasteiger partial charge in [0.1, 0.15) is 4.75 Å². The van der Waals surface area contributed by atoms with E-state index < -0.39 is 38.1 Å².